The first-order valence-corrected chi connectivity index (χ1v) is 5.84. The van der Waals surface area contributed by atoms with Gasteiger partial charge in [0.15, 0.2) is 0 Å². The second kappa shape index (κ2) is 5.64. The molecule has 2 rings (SSSR count). The molecule has 17 heavy (non-hydrogen) atoms. The Bertz CT molecular complexity index is 389. The fourth-order valence-electron chi connectivity index (χ4n) is 1.85. The molecule has 0 amide bonds. The number of hydrogen-bond acceptors (Lipinski definition) is 5. The summed E-state index contributed by atoms with van der Waals surface area (Å²) in [6, 6.07) is 1.57. The van der Waals surface area contributed by atoms with E-state index in [9.17, 15) is 5.11 Å². The number of hydrogen-bond donors (Lipinski definition) is 2. The van der Waals surface area contributed by atoms with Gasteiger partial charge in [-0.05, 0) is 11.6 Å². The number of pyridine rings is 1. The van der Waals surface area contributed by atoms with Crippen LogP contribution in [0.2, 0.25) is 5.02 Å². The second-order valence-corrected chi connectivity index (χ2v) is 4.32. The van der Waals surface area contributed by atoms with Gasteiger partial charge in [0.05, 0.1) is 37.5 Å². The third kappa shape index (κ3) is 2.69. The molecular weight excluding hydrogens is 244 g/mol. The summed E-state index contributed by atoms with van der Waals surface area (Å²) in [4.78, 5) is 6.18. The minimum absolute atomic E-state index is 0.000238. The molecule has 1 fully saturated rings. The van der Waals surface area contributed by atoms with Gasteiger partial charge in [0, 0.05) is 12.7 Å². The fraction of sp³-hybridized carbons (Fsp3) is 0.545. The van der Waals surface area contributed by atoms with Crippen molar-refractivity contribution in [3.63, 3.8) is 0 Å². The van der Waals surface area contributed by atoms with Gasteiger partial charge in [0.1, 0.15) is 5.82 Å². The van der Waals surface area contributed by atoms with E-state index >= 15 is 0 Å². The van der Waals surface area contributed by atoms with Gasteiger partial charge in [-0.3, -0.25) is 0 Å². The highest BCUT2D eigenvalue weighted by Gasteiger charge is 2.25. The van der Waals surface area contributed by atoms with Gasteiger partial charge in [-0.15, -0.1) is 0 Å². The summed E-state index contributed by atoms with van der Waals surface area (Å²) in [7, 11) is 0. The predicted molar refractivity (Wildman–Crippen MR) is 64.2 cm³/mol. The molecule has 1 aliphatic rings. The number of aliphatic hydroxyl groups excluding tert-OH is 2. The molecule has 2 N–H and O–H groups in total. The molecule has 0 saturated carbocycles. The van der Waals surface area contributed by atoms with Gasteiger partial charge in [0.2, 0.25) is 0 Å². The van der Waals surface area contributed by atoms with Crippen LogP contribution in [0.1, 0.15) is 5.56 Å². The van der Waals surface area contributed by atoms with Crippen molar-refractivity contribution in [2.24, 2.45) is 0 Å². The lowest BCUT2D eigenvalue weighted by molar-refractivity contribution is 0.0723. The number of morpholine rings is 1. The van der Waals surface area contributed by atoms with Crippen LogP contribution in [0.3, 0.4) is 0 Å². The van der Waals surface area contributed by atoms with Gasteiger partial charge < -0.3 is 19.8 Å². The van der Waals surface area contributed by atoms with Gasteiger partial charge in [-0.25, -0.2) is 4.98 Å². The van der Waals surface area contributed by atoms with Gasteiger partial charge in [0.25, 0.3) is 0 Å². The Hall–Kier alpha value is -0.880. The molecule has 0 spiro atoms. The number of nitrogens with zero attached hydrogens (tertiary/aromatic N) is 2. The first-order chi connectivity index (χ1) is 8.26. The summed E-state index contributed by atoms with van der Waals surface area (Å²) < 4.78 is 5.30. The molecular formula is C11H15ClN2O3. The van der Waals surface area contributed by atoms with E-state index in [0.29, 0.717) is 36.2 Å². The molecule has 1 aromatic rings. The molecule has 0 aromatic carbocycles. The summed E-state index contributed by atoms with van der Waals surface area (Å²) in [5.74, 6) is 0.631. The monoisotopic (exact) mass is 258 g/mol. The lowest BCUT2D eigenvalue weighted by atomic mass is 10.2. The number of aliphatic hydroxyl groups is 2. The van der Waals surface area contributed by atoms with E-state index in [4.69, 9.17) is 21.4 Å². The summed E-state index contributed by atoms with van der Waals surface area (Å²) in [6.45, 7) is 1.63. The summed E-state index contributed by atoms with van der Waals surface area (Å²) in [5.41, 5.74) is 0.674. The Morgan fingerprint density at radius 1 is 1.53 bits per heavy atom. The van der Waals surface area contributed by atoms with E-state index in [0.717, 1.165) is 0 Å². The van der Waals surface area contributed by atoms with E-state index < -0.39 is 0 Å². The molecule has 1 unspecified atom stereocenters. The molecule has 0 bridgehead atoms. The smallest absolute Gasteiger partial charge is 0.147 e. The topological polar surface area (TPSA) is 65.8 Å². The summed E-state index contributed by atoms with van der Waals surface area (Å²) >= 11 is 6.13. The van der Waals surface area contributed by atoms with Crippen LogP contribution in [0.4, 0.5) is 5.82 Å². The van der Waals surface area contributed by atoms with Crippen molar-refractivity contribution in [2.75, 3.05) is 31.3 Å². The molecule has 2 heterocycles. The highest BCUT2D eigenvalue weighted by Crippen LogP contribution is 2.26. The highest BCUT2D eigenvalue weighted by molar-refractivity contribution is 6.33. The molecule has 1 saturated heterocycles. The van der Waals surface area contributed by atoms with E-state index in [2.05, 4.69) is 4.98 Å². The van der Waals surface area contributed by atoms with Crippen molar-refractivity contribution in [3.05, 3.63) is 22.8 Å². The highest BCUT2D eigenvalue weighted by atomic mass is 35.5. The molecule has 0 aliphatic carbocycles. The van der Waals surface area contributed by atoms with Crippen LogP contribution in [0.25, 0.3) is 0 Å². The van der Waals surface area contributed by atoms with Crippen LogP contribution in [0.5, 0.6) is 0 Å². The third-order valence-corrected chi connectivity index (χ3v) is 3.05. The maximum Gasteiger partial charge on any atom is 0.147 e. The van der Waals surface area contributed by atoms with E-state index in [1.165, 1.54) is 0 Å². The Morgan fingerprint density at radius 3 is 3.00 bits per heavy atom. The van der Waals surface area contributed by atoms with Crippen molar-refractivity contribution in [1.82, 2.24) is 4.98 Å². The zero-order chi connectivity index (χ0) is 12.3. The Morgan fingerprint density at radius 2 is 2.35 bits per heavy atom. The fourth-order valence-corrected chi connectivity index (χ4v) is 2.15. The first kappa shape index (κ1) is 12.6. The van der Waals surface area contributed by atoms with Crippen LogP contribution in [-0.2, 0) is 11.3 Å². The maximum atomic E-state index is 9.28. The van der Waals surface area contributed by atoms with Gasteiger partial charge in [-0.1, -0.05) is 11.6 Å². The third-order valence-electron chi connectivity index (χ3n) is 2.77. The lowest BCUT2D eigenvalue weighted by Gasteiger charge is -2.35. The van der Waals surface area contributed by atoms with E-state index in [-0.39, 0.29) is 19.3 Å². The lowest BCUT2D eigenvalue weighted by Crippen LogP contribution is -2.48. The normalized spacial score (nSPS) is 20.6. The number of halogens is 1. The summed E-state index contributed by atoms with van der Waals surface area (Å²) in [5, 5.41) is 18.8. The van der Waals surface area contributed by atoms with Crippen LogP contribution in [0, 0.1) is 0 Å². The number of anilines is 1. The summed E-state index contributed by atoms with van der Waals surface area (Å²) in [6.07, 6.45) is 1.59. The van der Waals surface area contributed by atoms with Crippen molar-refractivity contribution in [2.45, 2.75) is 12.6 Å². The quantitative estimate of drug-likeness (QED) is 0.823. The van der Waals surface area contributed by atoms with Gasteiger partial charge in [-0.2, -0.15) is 0 Å². The average molecular weight is 259 g/mol. The Balaban J connectivity index is 2.25. The minimum atomic E-state index is -0.117. The van der Waals surface area contributed by atoms with Crippen molar-refractivity contribution in [1.29, 1.82) is 0 Å². The zero-order valence-corrected chi connectivity index (χ0v) is 10.1. The molecule has 1 aromatic heterocycles. The van der Waals surface area contributed by atoms with Crippen LogP contribution in [0.15, 0.2) is 12.3 Å². The van der Waals surface area contributed by atoms with Crippen LogP contribution >= 0.6 is 11.6 Å². The molecule has 1 atom stereocenters. The zero-order valence-electron chi connectivity index (χ0n) is 9.34. The molecule has 94 valence electrons. The van der Waals surface area contributed by atoms with Crippen molar-refractivity contribution in [3.8, 4) is 0 Å². The molecule has 1 aliphatic heterocycles. The SMILES string of the molecule is OCc1cnc(N2CCOCC2CO)c(Cl)c1. The molecule has 5 nitrogen and oxygen atoms in total. The first-order valence-electron chi connectivity index (χ1n) is 5.46. The van der Waals surface area contributed by atoms with E-state index in [1.807, 2.05) is 4.90 Å². The van der Waals surface area contributed by atoms with Crippen LogP contribution in [-0.4, -0.2) is 47.6 Å². The van der Waals surface area contributed by atoms with Crippen molar-refractivity contribution >= 4 is 17.4 Å². The molecule has 0 radical (unpaired) electrons. The van der Waals surface area contributed by atoms with Crippen molar-refractivity contribution < 1.29 is 14.9 Å². The second-order valence-electron chi connectivity index (χ2n) is 3.91. The average Bonchev–Trinajstić information content (AvgIpc) is 2.38. The number of rotatable bonds is 3. The largest absolute Gasteiger partial charge is 0.394 e. The molecule has 6 heteroatoms. The Labute approximate surface area is 105 Å². The standard InChI is InChI=1S/C11H15ClN2O3/c12-10-3-8(5-15)4-13-11(10)14-1-2-17-7-9(14)6-16/h3-4,9,15-16H,1-2,5-7H2. The number of ether oxygens (including phenoxy) is 1. The number of aromatic nitrogens is 1. The van der Waals surface area contributed by atoms with E-state index in [1.54, 1.807) is 12.3 Å². The predicted octanol–water partition coefficient (Wildman–Crippen LogP) is 0.425. The Kier molecular flexibility index (Phi) is 4.17. The maximum absolute atomic E-state index is 9.28. The van der Waals surface area contributed by atoms with Crippen LogP contribution < -0.4 is 4.90 Å². The minimum Gasteiger partial charge on any atom is -0.394 e. The van der Waals surface area contributed by atoms with Gasteiger partial charge >= 0.3 is 0 Å².